The van der Waals surface area contributed by atoms with Gasteiger partial charge in [-0.05, 0) is 51.5 Å². The molecule has 0 bridgehead atoms. The zero-order valence-corrected chi connectivity index (χ0v) is 14.0. The number of carbonyl (C=O) groups excluding carboxylic acids is 2. The van der Waals surface area contributed by atoms with Crippen LogP contribution in [0.25, 0.3) is 0 Å². The van der Waals surface area contributed by atoms with E-state index in [0.717, 1.165) is 5.56 Å². The van der Waals surface area contributed by atoms with Crippen LogP contribution in [0.2, 0.25) is 0 Å². The summed E-state index contributed by atoms with van der Waals surface area (Å²) in [4.78, 5) is 32.5. The topological polar surface area (TPSA) is 84.0 Å². The van der Waals surface area contributed by atoms with Crippen LogP contribution in [0, 0.1) is 26.6 Å². The van der Waals surface area contributed by atoms with E-state index < -0.39 is 23.7 Å². The van der Waals surface area contributed by atoms with Crippen LogP contribution in [0.15, 0.2) is 24.3 Å². The highest BCUT2D eigenvalue weighted by atomic mass is 19.1. The zero-order chi connectivity index (χ0) is 17.9. The lowest BCUT2D eigenvalue weighted by Gasteiger charge is -2.15. The average Bonchev–Trinajstić information content (AvgIpc) is 2.49. The Hall–Kier alpha value is -2.83. The molecule has 0 spiro atoms. The maximum Gasteiger partial charge on any atom is 0.270 e. The Morgan fingerprint density at radius 1 is 1.12 bits per heavy atom. The second-order valence-corrected chi connectivity index (χ2v) is 5.59. The molecule has 2 amide bonds. The minimum absolute atomic E-state index is 0.196. The lowest BCUT2D eigenvalue weighted by atomic mass is 10.2. The highest BCUT2D eigenvalue weighted by molar-refractivity contribution is 6.00. The Bertz CT molecular complexity index is 772. The molecule has 0 radical (unpaired) electrons. The molecule has 0 aliphatic carbocycles. The number of benzene rings is 1. The van der Waals surface area contributed by atoms with Gasteiger partial charge >= 0.3 is 0 Å². The van der Waals surface area contributed by atoms with Crippen LogP contribution in [-0.4, -0.2) is 27.8 Å². The molecule has 7 heteroatoms. The normalized spacial score (nSPS) is 11.7. The van der Waals surface area contributed by atoms with E-state index in [1.165, 1.54) is 12.1 Å². The van der Waals surface area contributed by atoms with E-state index in [9.17, 15) is 14.0 Å². The first kappa shape index (κ1) is 17.5. The van der Waals surface area contributed by atoms with Gasteiger partial charge in [-0.3, -0.25) is 9.59 Å². The van der Waals surface area contributed by atoms with Gasteiger partial charge in [0.1, 0.15) is 23.4 Å². The van der Waals surface area contributed by atoms with Gasteiger partial charge in [-0.2, -0.15) is 0 Å². The van der Waals surface area contributed by atoms with Crippen LogP contribution < -0.4 is 10.6 Å². The molecule has 126 valence electrons. The predicted octanol–water partition coefficient (Wildman–Crippen LogP) is 2.30. The standard InChI is InChI=1S/C17H19FN4O2/c1-9-5-6-13(18)8-14(9)22-16(23)11(3)20-17(24)15-7-10(2)19-12(4)21-15/h5-8,11H,1-4H3,(H,20,24)(H,22,23)/t11-/m0/s1. The molecule has 0 aliphatic rings. The minimum atomic E-state index is -0.809. The molecule has 0 unspecified atom stereocenters. The third-order valence-electron chi connectivity index (χ3n) is 3.40. The van der Waals surface area contributed by atoms with Gasteiger partial charge in [0.05, 0.1) is 0 Å². The number of aromatic nitrogens is 2. The number of nitrogens with zero attached hydrogens (tertiary/aromatic N) is 2. The molecular weight excluding hydrogens is 311 g/mol. The van der Waals surface area contributed by atoms with Crippen LogP contribution in [-0.2, 0) is 4.79 Å². The van der Waals surface area contributed by atoms with E-state index in [4.69, 9.17) is 0 Å². The van der Waals surface area contributed by atoms with E-state index in [1.54, 1.807) is 39.8 Å². The number of hydrogen-bond acceptors (Lipinski definition) is 4. The number of rotatable bonds is 4. The predicted molar refractivity (Wildman–Crippen MR) is 88.2 cm³/mol. The Morgan fingerprint density at radius 3 is 2.50 bits per heavy atom. The van der Waals surface area contributed by atoms with Gasteiger partial charge in [-0.1, -0.05) is 6.07 Å². The summed E-state index contributed by atoms with van der Waals surface area (Å²) in [7, 11) is 0. The molecule has 0 aliphatic heterocycles. The maximum atomic E-state index is 13.3. The van der Waals surface area contributed by atoms with Gasteiger partial charge in [-0.25, -0.2) is 14.4 Å². The second-order valence-electron chi connectivity index (χ2n) is 5.59. The van der Waals surface area contributed by atoms with E-state index in [2.05, 4.69) is 20.6 Å². The number of hydrogen-bond donors (Lipinski definition) is 2. The van der Waals surface area contributed by atoms with E-state index in [-0.39, 0.29) is 5.69 Å². The first-order valence-corrected chi connectivity index (χ1v) is 7.46. The second kappa shape index (κ2) is 7.16. The number of halogens is 1. The molecule has 0 fully saturated rings. The van der Waals surface area contributed by atoms with Crippen molar-refractivity contribution >= 4 is 17.5 Å². The SMILES string of the molecule is Cc1cc(C(=O)N[C@@H](C)C(=O)Nc2cc(F)ccc2C)nc(C)n1. The first-order valence-electron chi connectivity index (χ1n) is 7.46. The van der Waals surface area contributed by atoms with Crippen LogP contribution in [0.5, 0.6) is 0 Å². The highest BCUT2D eigenvalue weighted by Gasteiger charge is 2.19. The fourth-order valence-electron chi connectivity index (χ4n) is 2.14. The fraction of sp³-hybridized carbons (Fsp3) is 0.294. The van der Waals surface area contributed by atoms with Crippen LogP contribution in [0.1, 0.15) is 34.5 Å². The summed E-state index contributed by atoms with van der Waals surface area (Å²) in [6, 6.07) is 4.86. The number of aryl methyl sites for hydroxylation is 3. The number of anilines is 1. The Kier molecular flexibility index (Phi) is 5.23. The number of nitrogens with one attached hydrogen (secondary N) is 2. The quantitative estimate of drug-likeness (QED) is 0.901. The van der Waals surface area contributed by atoms with Gasteiger partial charge in [-0.15, -0.1) is 0 Å². The van der Waals surface area contributed by atoms with E-state index in [0.29, 0.717) is 17.2 Å². The lowest BCUT2D eigenvalue weighted by Crippen LogP contribution is -2.42. The summed E-state index contributed by atoms with van der Waals surface area (Å²) < 4.78 is 13.3. The van der Waals surface area contributed by atoms with Gasteiger partial charge in [0.15, 0.2) is 0 Å². The molecule has 1 aromatic heterocycles. The van der Waals surface area contributed by atoms with E-state index >= 15 is 0 Å². The smallest absolute Gasteiger partial charge is 0.270 e. The minimum Gasteiger partial charge on any atom is -0.339 e. The van der Waals surface area contributed by atoms with Crippen molar-refractivity contribution in [2.75, 3.05) is 5.32 Å². The maximum absolute atomic E-state index is 13.3. The largest absolute Gasteiger partial charge is 0.339 e. The molecule has 2 aromatic rings. The molecular formula is C17H19FN4O2. The molecule has 2 N–H and O–H groups in total. The number of amides is 2. The van der Waals surface area contributed by atoms with Crippen molar-refractivity contribution in [1.82, 2.24) is 15.3 Å². The molecule has 2 rings (SSSR count). The summed E-state index contributed by atoms with van der Waals surface area (Å²) in [5, 5.41) is 5.17. The van der Waals surface area contributed by atoms with Gasteiger partial charge in [0.25, 0.3) is 5.91 Å². The van der Waals surface area contributed by atoms with Crippen molar-refractivity contribution in [2.45, 2.75) is 33.7 Å². The van der Waals surface area contributed by atoms with Gasteiger partial charge < -0.3 is 10.6 Å². The van der Waals surface area contributed by atoms with Crippen molar-refractivity contribution in [3.05, 3.63) is 52.9 Å². The zero-order valence-electron chi connectivity index (χ0n) is 14.0. The first-order chi connectivity index (χ1) is 11.3. The lowest BCUT2D eigenvalue weighted by molar-refractivity contribution is -0.117. The molecule has 1 atom stereocenters. The van der Waals surface area contributed by atoms with Crippen LogP contribution in [0.4, 0.5) is 10.1 Å². The average molecular weight is 330 g/mol. The van der Waals surface area contributed by atoms with E-state index in [1.807, 2.05) is 0 Å². The van der Waals surface area contributed by atoms with Crippen molar-refractivity contribution in [1.29, 1.82) is 0 Å². The third kappa shape index (κ3) is 4.34. The molecule has 0 saturated carbocycles. The van der Waals surface area contributed by atoms with Crippen LogP contribution in [0.3, 0.4) is 0 Å². The Labute approximate surface area is 139 Å². The summed E-state index contributed by atoms with van der Waals surface area (Å²) in [5.41, 5.74) is 1.96. The summed E-state index contributed by atoms with van der Waals surface area (Å²) in [6.45, 7) is 6.74. The van der Waals surface area contributed by atoms with Crippen molar-refractivity contribution in [3.63, 3.8) is 0 Å². The Morgan fingerprint density at radius 2 is 1.83 bits per heavy atom. The van der Waals surface area contributed by atoms with Gasteiger partial charge in [0, 0.05) is 11.4 Å². The van der Waals surface area contributed by atoms with Crippen molar-refractivity contribution < 1.29 is 14.0 Å². The molecule has 1 heterocycles. The number of carbonyl (C=O) groups is 2. The fourth-order valence-corrected chi connectivity index (χ4v) is 2.14. The van der Waals surface area contributed by atoms with Crippen LogP contribution >= 0.6 is 0 Å². The monoisotopic (exact) mass is 330 g/mol. The molecule has 6 nitrogen and oxygen atoms in total. The van der Waals surface area contributed by atoms with Crippen molar-refractivity contribution in [3.8, 4) is 0 Å². The highest BCUT2D eigenvalue weighted by Crippen LogP contribution is 2.16. The van der Waals surface area contributed by atoms with Gasteiger partial charge in [0.2, 0.25) is 5.91 Å². The van der Waals surface area contributed by atoms with Crippen molar-refractivity contribution in [2.24, 2.45) is 0 Å². The third-order valence-corrected chi connectivity index (χ3v) is 3.40. The molecule has 1 aromatic carbocycles. The molecule has 0 saturated heterocycles. The summed E-state index contributed by atoms with van der Waals surface area (Å²) in [5.74, 6) is -0.881. The molecule has 24 heavy (non-hydrogen) atoms. The Balaban J connectivity index is 2.05. The summed E-state index contributed by atoms with van der Waals surface area (Å²) in [6.07, 6.45) is 0. The summed E-state index contributed by atoms with van der Waals surface area (Å²) >= 11 is 0.